The summed E-state index contributed by atoms with van der Waals surface area (Å²) in [5, 5.41) is 10.6. The first-order chi connectivity index (χ1) is 47.6. The monoisotopic (exact) mass is 1450 g/mol. The lowest BCUT2D eigenvalue weighted by Gasteiger charge is -2.21. The molecule has 3 N–H and O–H groups in total. The van der Waals surface area contributed by atoms with Gasteiger partial charge < -0.3 is 33.8 Å². The number of phosphoric acid groups is 2. The van der Waals surface area contributed by atoms with Gasteiger partial charge in [0, 0.05) is 25.7 Å². The van der Waals surface area contributed by atoms with Crippen LogP contribution in [-0.4, -0.2) is 96.7 Å². The topological polar surface area (TPSA) is 237 Å². The van der Waals surface area contributed by atoms with E-state index in [9.17, 15) is 43.2 Å². The molecular formula is C80H156O17P2. The van der Waals surface area contributed by atoms with E-state index < -0.39 is 97.5 Å². The molecule has 17 nitrogen and oxygen atoms in total. The van der Waals surface area contributed by atoms with Crippen molar-refractivity contribution in [2.24, 2.45) is 23.7 Å². The van der Waals surface area contributed by atoms with Crippen molar-refractivity contribution in [3.63, 3.8) is 0 Å². The van der Waals surface area contributed by atoms with Crippen LogP contribution in [0.3, 0.4) is 0 Å². The van der Waals surface area contributed by atoms with E-state index in [0.29, 0.717) is 25.7 Å². The van der Waals surface area contributed by atoms with Crippen LogP contribution in [0.15, 0.2) is 0 Å². The number of aliphatic hydroxyl groups is 1. The van der Waals surface area contributed by atoms with Gasteiger partial charge in [-0.1, -0.05) is 357 Å². The van der Waals surface area contributed by atoms with Crippen molar-refractivity contribution >= 4 is 39.5 Å². The molecule has 5 atom stereocenters. The van der Waals surface area contributed by atoms with Crippen molar-refractivity contribution in [1.29, 1.82) is 0 Å². The quantitative estimate of drug-likeness (QED) is 0.0222. The molecule has 0 saturated heterocycles. The first kappa shape index (κ1) is 97.1. The third kappa shape index (κ3) is 74.1. The number of unbranched alkanes of at least 4 members (excludes halogenated alkanes) is 43. The predicted octanol–water partition coefficient (Wildman–Crippen LogP) is 23.6. The minimum atomic E-state index is -4.96. The Morgan fingerprint density at radius 1 is 0.253 bits per heavy atom. The van der Waals surface area contributed by atoms with Crippen LogP contribution in [0.2, 0.25) is 0 Å². The van der Waals surface area contributed by atoms with Crippen molar-refractivity contribution in [2.45, 2.75) is 427 Å². The van der Waals surface area contributed by atoms with Gasteiger partial charge in [0.2, 0.25) is 0 Å². The summed E-state index contributed by atoms with van der Waals surface area (Å²) in [6.45, 7) is 14.3. The lowest BCUT2D eigenvalue weighted by atomic mass is 10.0. The molecule has 0 aliphatic heterocycles. The molecule has 0 rings (SSSR count). The Hall–Kier alpha value is -1.94. The summed E-state index contributed by atoms with van der Waals surface area (Å²) in [6.07, 6.45) is 55.4. The number of phosphoric ester groups is 2. The summed E-state index contributed by atoms with van der Waals surface area (Å²) in [6, 6.07) is 0. The van der Waals surface area contributed by atoms with E-state index in [-0.39, 0.29) is 25.7 Å². The molecule has 99 heavy (non-hydrogen) atoms. The van der Waals surface area contributed by atoms with Gasteiger partial charge in [-0.25, -0.2) is 9.13 Å². The van der Waals surface area contributed by atoms with Crippen LogP contribution in [0.25, 0.3) is 0 Å². The molecule has 0 heterocycles. The maximum Gasteiger partial charge on any atom is 0.472 e. The maximum atomic E-state index is 13.1. The molecule has 0 fully saturated rings. The van der Waals surface area contributed by atoms with Crippen molar-refractivity contribution < 1.29 is 80.2 Å². The zero-order valence-corrected chi connectivity index (χ0v) is 66.9. The summed E-state index contributed by atoms with van der Waals surface area (Å²) >= 11 is 0. The van der Waals surface area contributed by atoms with E-state index in [1.165, 1.54) is 212 Å². The molecule has 0 aromatic heterocycles. The zero-order chi connectivity index (χ0) is 73.1. The van der Waals surface area contributed by atoms with Gasteiger partial charge in [-0.15, -0.1) is 0 Å². The summed E-state index contributed by atoms with van der Waals surface area (Å²) in [4.78, 5) is 73.0. The number of ether oxygens (including phenoxy) is 4. The van der Waals surface area contributed by atoms with Crippen LogP contribution >= 0.6 is 15.6 Å². The SMILES string of the molecule is CC(C)CCCCCCCCCCCCCCCCC(=O)O[C@H](COC(=O)CCCCCCCCCCCCCCCC(C)C)COP(=O)(O)OC[C@@H](O)COP(=O)(O)OC[C@@H](COC(=O)CCCCCCCCCCCC(C)C)OC(=O)CCCCCCCCCCCCCC(C)C. The highest BCUT2D eigenvalue weighted by atomic mass is 31.2. The van der Waals surface area contributed by atoms with Crippen LogP contribution in [0, 0.1) is 23.7 Å². The van der Waals surface area contributed by atoms with E-state index >= 15 is 0 Å². The van der Waals surface area contributed by atoms with Gasteiger partial charge in [0.05, 0.1) is 26.4 Å². The van der Waals surface area contributed by atoms with Crippen molar-refractivity contribution in [2.75, 3.05) is 39.6 Å². The molecule has 0 saturated carbocycles. The number of rotatable bonds is 77. The summed E-state index contributed by atoms with van der Waals surface area (Å²) in [5.41, 5.74) is 0. The smallest absolute Gasteiger partial charge is 0.462 e. The average Bonchev–Trinajstić information content (AvgIpc) is 0.932. The first-order valence-electron chi connectivity index (χ1n) is 41.2. The number of carbonyl (C=O) groups excluding carboxylic acids is 4. The zero-order valence-electron chi connectivity index (χ0n) is 65.1. The third-order valence-corrected chi connectivity index (χ3v) is 20.5. The van der Waals surface area contributed by atoms with Crippen LogP contribution in [0.5, 0.6) is 0 Å². The van der Waals surface area contributed by atoms with E-state index in [1.807, 2.05) is 0 Å². The first-order valence-corrected chi connectivity index (χ1v) is 44.2. The third-order valence-electron chi connectivity index (χ3n) is 18.6. The fraction of sp³-hybridized carbons (Fsp3) is 0.950. The Kier molecular flexibility index (Phi) is 67.8. The predicted molar refractivity (Wildman–Crippen MR) is 404 cm³/mol. The second-order valence-electron chi connectivity index (χ2n) is 30.7. The molecule has 19 heteroatoms. The molecule has 0 aromatic carbocycles. The maximum absolute atomic E-state index is 13.1. The van der Waals surface area contributed by atoms with Crippen LogP contribution in [0.1, 0.15) is 409 Å². The number of carbonyl (C=O) groups is 4. The molecule has 0 aliphatic rings. The van der Waals surface area contributed by atoms with Crippen LogP contribution in [-0.2, 0) is 65.4 Å². The molecule has 0 bridgehead atoms. The Bertz CT molecular complexity index is 1940. The minimum absolute atomic E-state index is 0.106. The fourth-order valence-corrected chi connectivity index (χ4v) is 13.8. The largest absolute Gasteiger partial charge is 0.472 e. The van der Waals surface area contributed by atoms with Crippen LogP contribution in [0.4, 0.5) is 0 Å². The number of hydrogen-bond donors (Lipinski definition) is 3. The molecular weight excluding hydrogens is 1290 g/mol. The second kappa shape index (κ2) is 69.1. The van der Waals surface area contributed by atoms with Gasteiger partial charge >= 0.3 is 39.5 Å². The molecule has 2 unspecified atom stereocenters. The Morgan fingerprint density at radius 3 is 0.626 bits per heavy atom. The van der Waals surface area contributed by atoms with E-state index in [0.717, 1.165) is 114 Å². The van der Waals surface area contributed by atoms with Gasteiger partial charge in [0.15, 0.2) is 12.2 Å². The van der Waals surface area contributed by atoms with Crippen molar-refractivity contribution in [3.05, 3.63) is 0 Å². The van der Waals surface area contributed by atoms with Gasteiger partial charge in [-0.05, 0) is 49.4 Å². The highest BCUT2D eigenvalue weighted by Crippen LogP contribution is 2.45. The van der Waals surface area contributed by atoms with Gasteiger partial charge in [0.1, 0.15) is 19.3 Å². The average molecular weight is 1450 g/mol. The normalized spacial score (nSPS) is 14.1. The molecule has 0 radical (unpaired) electrons. The fourth-order valence-electron chi connectivity index (χ4n) is 12.3. The Balaban J connectivity index is 5.27. The Morgan fingerprint density at radius 2 is 0.424 bits per heavy atom. The molecule has 0 aliphatic carbocycles. The summed E-state index contributed by atoms with van der Waals surface area (Å²) in [5.74, 6) is 0.981. The number of hydrogen-bond acceptors (Lipinski definition) is 15. The van der Waals surface area contributed by atoms with Crippen molar-refractivity contribution in [3.8, 4) is 0 Å². The highest BCUT2D eigenvalue weighted by Gasteiger charge is 2.30. The van der Waals surface area contributed by atoms with Gasteiger partial charge in [-0.2, -0.15) is 0 Å². The molecule has 588 valence electrons. The van der Waals surface area contributed by atoms with Crippen LogP contribution < -0.4 is 0 Å². The lowest BCUT2D eigenvalue weighted by Crippen LogP contribution is -2.30. The minimum Gasteiger partial charge on any atom is -0.462 e. The molecule has 0 aromatic rings. The van der Waals surface area contributed by atoms with E-state index in [2.05, 4.69) is 55.4 Å². The van der Waals surface area contributed by atoms with Gasteiger partial charge in [-0.3, -0.25) is 37.3 Å². The highest BCUT2D eigenvalue weighted by molar-refractivity contribution is 7.47. The van der Waals surface area contributed by atoms with Crippen molar-refractivity contribution in [1.82, 2.24) is 0 Å². The number of esters is 4. The van der Waals surface area contributed by atoms with Gasteiger partial charge in [0.25, 0.3) is 0 Å². The second-order valence-corrected chi connectivity index (χ2v) is 33.6. The standard InChI is InChI=1S/C80H156O17P2/c1-70(2)56-48-40-32-24-17-12-9-10-14-21-29-38-46-54-62-79(84)96-75(66-90-77(82)60-52-44-36-28-20-15-11-13-18-25-33-41-49-57-71(3)4)68-94-98(86,87)92-64-74(81)65-93-99(88,89)95-69-76(67-91-78(83)61-53-45-37-31-23-27-35-43-51-59-73(7)8)97-80(85)63-55-47-39-30-22-16-19-26-34-42-50-58-72(5)6/h70-76,81H,9-69H2,1-8H3,(H,86,87)(H,88,89)/t74-,75-,76-/m1/s1. The number of aliphatic hydroxyl groups excluding tert-OH is 1. The summed E-state index contributed by atoms with van der Waals surface area (Å²) < 4.78 is 68.7. The molecule has 0 spiro atoms. The van der Waals surface area contributed by atoms with E-state index in [4.69, 9.17) is 37.0 Å². The lowest BCUT2D eigenvalue weighted by molar-refractivity contribution is -0.161. The van der Waals surface area contributed by atoms with E-state index in [1.54, 1.807) is 0 Å². The molecule has 0 amide bonds. The summed E-state index contributed by atoms with van der Waals surface area (Å²) in [7, 11) is -9.92. The Labute approximate surface area is 607 Å².